The van der Waals surface area contributed by atoms with Gasteiger partial charge in [-0.15, -0.1) is 10.2 Å². The van der Waals surface area contributed by atoms with Crippen LogP contribution in [0.1, 0.15) is 26.2 Å². The first-order valence-electron chi connectivity index (χ1n) is 9.68. The van der Waals surface area contributed by atoms with E-state index in [1.807, 2.05) is 49.5 Å². The summed E-state index contributed by atoms with van der Waals surface area (Å²) in [6.45, 7) is 3.49. The number of pyridine rings is 1. The van der Waals surface area contributed by atoms with Crippen LogP contribution in [-0.2, 0) is 4.74 Å². The van der Waals surface area contributed by atoms with Crippen LogP contribution in [0.4, 0.5) is 0 Å². The molecule has 146 valence electrons. The minimum Gasteiger partial charge on any atom is -0.494 e. The van der Waals surface area contributed by atoms with Crippen LogP contribution in [0.15, 0.2) is 53.9 Å². The van der Waals surface area contributed by atoms with Gasteiger partial charge in [0.15, 0.2) is 11.0 Å². The maximum absolute atomic E-state index is 5.87. The fraction of sp³-hybridized carbons (Fsp3) is 0.381. The van der Waals surface area contributed by atoms with Crippen molar-refractivity contribution in [2.24, 2.45) is 0 Å². The van der Waals surface area contributed by atoms with E-state index in [2.05, 4.69) is 19.7 Å². The zero-order chi connectivity index (χ0) is 19.2. The van der Waals surface area contributed by atoms with Crippen LogP contribution in [-0.4, -0.2) is 44.8 Å². The molecule has 28 heavy (non-hydrogen) atoms. The molecule has 0 spiro atoms. The summed E-state index contributed by atoms with van der Waals surface area (Å²) in [7, 11) is 0. The number of benzene rings is 1. The molecule has 0 N–H and O–H groups in total. The first-order chi connectivity index (χ1) is 13.8. The molecule has 3 heterocycles. The Bertz CT molecular complexity index is 877. The lowest BCUT2D eigenvalue weighted by atomic mass is 10.1. The number of ether oxygens (including phenoxy) is 2. The van der Waals surface area contributed by atoms with Crippen LogP contribution in [0.2, 0.25) is 0 Å². The summed E-state index contributed by atoms with van der Waals surface area (Å²) in [5.41, 5.74) is 1.93. The summed E-state index contributed by atoms with van der Waals surface area (Å²) < 4.78 is 13.5. The number of hydrogen-bond donors (Lipinski definition) is 0. The molecule has 1 aliphatic rings. The molecule has 2 aromatic heterocycles. The largest absolute Gasteiger partial charge is 0.494 e. The van der Waals surface area contributed by atoms with Crippen molar-refractivity contribution in [3.05, 3.63) is 48.8 Å². The van der Waals surface area contributed by atoms with Crippen LogP contribution in [0.25, 0.3) is 17.1 Å². The molecule has 7 heteroatoms. The maximum atomic E-state index is 5.87. The molecule has 1 atom stereocenters. The second kappa shape index (κ2) is 9.21. The standard InChI is InChI=1S/C21H24N4O2S/c1-2-26-18-10-8-17(9-11-18)25-20(16-6-5-12-22-14-16)23-24-21(25)28-15-19-7-3-4-13-27-19/h5-6,8-12,14,19H,2-4,7,13,15H2,1H3/t19-/m0/s1. The lowest BCUT2D eigenvalue weighted by Crippen LogP contribution is -2.21. The Morgan fingerprint density at radius 1 is 1.18 bits per heavy atom. The molecule has 3 aromatic rings. The molecule has 0 amide bonds. The normalized spacial score (nSPS) is 16.8. The molecule has 1 aliphatic heterocycles. The van der Waals surface area contributed by atoms with Crippen molar-refractivity contribution < 1.29 is 9.47 Å². The molecular formula is C21H24N4O2S. The maximum Gasteiger partial charge on any atom is 0.196 e. The average Bonchev–Trinajstić information content (AvgIpc) is 3.18. The van der Waals surface area contributed by atoms with Crippen molar-refractivity contribution in [3.63, 3.8) is 0 Å². The second-order valence-electron chi connectivity index (χ2n) is 6.61. The summed E-state index contributed by atoms with van der Waals surface area (Å²) >= 11 is 1.69. The van der Waals surface area contributed by atoms with Gasteiger partial charge in [-0.3, -0.25) is 9.55 Å². The Morgan fingerprint density at radius 3 is 2.79 bits per heavy atom. The number of aromatic nitrogens is 4. The smallest absolute Gasteiger partial charge is 0.196 e. The molecule has 1 saturated heterocycles. The Labute approximate surface area is 169 Å². The number of nitrogens with zero attached hydrogens (tertiary/aromatic N) is 4. The Hall–Kier alpha value is -2.38. The second-order valence-corrected chi connectivity index (χ2v) is 7.60. The first kappa shape index (κ1) is 19.0. The van der Waals surface area contributed by atoms with Crippen LogP contribution in [0, 0.1) is 0 Å². The van der Waals surface area contributed by atoms with E-state index >= 15 is 0 Å². The zero-order valence-electron chi connectivity index (χ0n) is 16.0. The highest BCUT2D eigenvalue weighted by Gasteiger charge is 2.20. The highest BCUT2D eigenvalue weighted by Crippen LogP contribution is 2.30. The molecule has 0 unspecified atom stereocenters. The topological polar surface area (TPSA) is 62.1 Å². The van der Waals surface area contributed by atoms with Crippen molar-refractivity contribution in [2.75, 3.05) is 19.0 Å². The van der Waals surface area contributed by atoms with Gasteiger partial charge in [-0.05, 0) is 62.6 Å². The minimum atomic E-state index is 0.283. The van der Waals surface area contributed by atoms with E-state index in [0.29, 0.717) is 6.61 Å². The SMILES string of the molecule is CCOc1ccc(-n2c(SC[C@@H]3CCCCO3)nnc2-c2cccnc2)cc1. The van der Waals surface area contributed by atoms with E-state index in [4.69, 9.17) is 9.47 Å². The van der Waals surface area contributed by atoms with E-state index in [1.165, 1.54) is 6.42 Å². The third-order valence-electron chi connectivity index (χ3n) is 4.63. The third kappa shape index (κ3) is 4.36. The quantitative estimate of drug-likeness (QED) is 0.552. The van der Waals surface area contributed by atoms with Gasteiger partial charge in [-0.1, -0.05) is 11.8 Å². The molecule has 4 rings (SSSR count). The minimum absolute atomic E-state index is 0.283. The van der Waals surface area contributed by atoms with Crippen molar-refractivity contribution >= 4 is 11.8 Å². The Morgan fingerprint density at radius 2 is 2.07 bits per heavy atom. The molecule has 0 saturated carbocycles. The van der Waals surface area contributed by atoms with Crippen molar-refractivity contribution in [3.8, 4) is 22.8 Å². The Balaban J connectivity index is 1.65. The van der Waals surface area contributed by atoms with Gasteiger partial charge in [0.1, 0.15) is 5.75 Å². The van der Waals surface area contributed by atoms with Gasteiger partial charge in [0.2, 0.25) is 0 Å². The van der Waals surface area contributed by atoms with E-state index < -0.39 is 0 Å². The van der Waals surface area contributed by atoms with Crippen LogP contribution >= 0.6 is 11.8 Å². The predicted octanol–water partition coefficient (Wildman–Crippen LogP) is 4.39. The van der Waals surface area contributed by atoms with Gasteiger partial charge >= 0.3 is 0 Å². The van der Waals surface area contributed by atoms with E-state index in [1.54, 1.807) is 18.0 Å². The van der Waals surface area contributed by atoms with E-state index in [-0.39, 0.29) is 6.10 Å². The van der Waals surface area contributed by atoms with Gasteiger partial charge in [0.25, 0.3) is 0 Å². The average molecular weight is 397 g/mol. The lowest BCUT2D eigenvalue weighted by Gasteiger charge is -2.22. The van der Waals surface area contributed by atoms with E-state index in [0.717, 1.165) is 53.2 Å². The fourth-order valence-electron chi connectivity index (χ4n) is 3.24. The molecule has 1 aromatic carbocycles. The van der Waals surface area contributed by atoms with E-state index in [9.17, 15) is 0 Å². The summed E-state index contributed by atoms with van der Waals surface area (Å²) in [6.07, 6.45) is 7.36. The van der Waals surface area contributed by atoms with Gasteiger partial charge < -0.3 is 9.47 Å². The molecular weight excluding hydrogens is 372 g/mol. The monoisotopic (exact) mass is 396 g/mol. The number of hydrogen-bond acceptors (Lipinski definition) is 6. The number of thioether (sulfide) groups is 1. The lowest BCUT2D eigenvalue weighted by molar-refractivity contribution is 0.0315. The van der Waals surface area contributed by atoms with Crippen molar-refractivity contribution in [2.45, 2.75) is 37.4 Å². The van der Waals surface area contributed by atoms with Gasteiger partial charge in [0.05, 0.1) is 12.7 Å². The highest BCUT2D eigenvalue weighted by molar-refractivity contribution is 7.99. The van der Waals surface area contributed by atoms with Gasteiger partial charge in [-0.25, -0.2) is 0 Å². The summed E-state index contributed by atoms with van der Waals surface area (Å²) in [5.74, 6) is 2.51. The van der Waals surface area contributed by atoms with Crippen molar-refractivity contribution in [1.29, 1.82) is 0 Å². The summed E-state index contributed by atoms with van der Waals surface area (Å²) in [6, 6.07) is 11.9. The highest BCUT2D eigenvalue weighted by atomic mass is 32.2. The van der Waals surface area contributed by atoms with Crippen LogP contribution < -0.4 is 4.74 Å². The van der Waals surface area contributed by atoms with Crippen LogP contribution in [0.5, 0.6) is 5.75 Å². The predicted molar refractivity (Wildman–Crippen MR) is 110 cm³/mol. The molecule has 6 nitrogen and oxygen atoms in total. The van der Waals surface area contributed by atoms with Gasteiger partial charge in [0, 0.05) is 36.0 Å². The zero-order valence-corrected chi connectivity index (χ0v) is 16.8. The van der Waals surface area contributed by atoms with Crippen molar-refractivity contribution in [1.82, 2.24) is 19.7 Å². The van der Waals surface area contributed by atoms with Crippen LogP contribution in [0.3, 0.4) is 0 Å². The third-order valence-corrected chi connectivity index (χ3v) is 5.69. The first-order valence-corrected chi connectivity index (χ1v) is 10.7. The Kier molecular flexibility index (Phi) is 6.24. The molecule has 0 aliphatic carbocycles. The molecule has 0 bridgehead atoms. The molecule has 1 fully saturated rings. The fourth-order valence-corrected chi connectivity index (χ4v) is 4.26. The van der Waals surface area contributed by atoms with Gasteiger partial charge in [-0.2, -0.15) is 0 Å². The summed E-state index contributed by atoms with van der Waals surface area (Å²) in [5, 5.41) is 9.80. The molecule has 0 radical (unpaired) electrons. The summed E-state index contributed by atoms with van der Waals surface area (Å²) in [4.78, 5) is 4.24. The number of rotatable bonds is 7.